The number of hydrogen-bond acceptors (Lipinski definition) is 4. The number of nitrogens with zero attached hydrogens (tertiary/aromatic N) is 1. The third-order valence-electron chi connectivity index (χ3n) is 3.99. The second-order valence-electron chi connectivity index (χ2n) is 5.56. The smallest absolute Gasteiger partial charge is 0.261 e. The lowest BCUT2D eigenvalue weighted by Crippen LogP contribution is -2.44. The van der Waals surface area contributed by atoms with Crippen molar-refractivity contribution in [1.82, 2.24) is 9.88 Å². The highest BCUT2D eigenvalue weighted by Gasteiger charge is 2.26. The molecule has 2 aromatic heterocycles. The molecule has 0 saturated carbocycles. The van der Waals surface area contributed by atoms with Gasteiger partial charge < -0.3 is 19.0 Å². The number of amides is 1. The van der Waals surface area contributed by atoms with E-state index in [2.05, 4.69) is 4.98 Å². The molecular weight excluding hydrogens is 296 g/mol. The van der Waals surface area contributed by atoms with Crippen molar-refractivity contribution in [2.24, 2.45) is 0 Å². The molecule has 0 radical (unpaired) electrons. The number of carbonyl (C=O) groups excluding carboxylic acids is 1. The summed E-state index contributed by atoms with van der Waals surface area (Å²) < 4.78 is 10.9. The topological polar surface area (TPSA) is 75.5 Å². The van der Waals surface area contributed by atoms with Crippen LogP contribution < -0.4 is 5.56 Å². The molecule has 1 aliphatic heterocycles. The zero-order chi connectivity index (χ0) is 16.2. The molecule has 0 aromatic carbocycles. The van der Waals surface area contributed by atoms with Gasteiger partial charge in [0.25, 0.3) is 11.5 Å². The van der Waals surface area contributed by atoms with Gasteiger partial charge in [-0.15, -0.1) is 0 Å². The maximum absolute atomic E-state index is 12.6. The first-order valence-electron chi connectivity index (χ1n) is 7.87. The number of nitrogens with one attached hydrogen (secondary N) is 1. The second-order valence-corrected chi connectivity index (χ2v) is 5.56. The molecule has 0 unspecified atom stereocenters. The summed E-state index contributed by atoms with van der Waals surface area (Å²) in [7, 11) is 0. The monoisotopic (exact) mass is 316 g/mol. The summed E-state index contributed by atoms with van der Waals surface area (Å²) in [6.07, 6.45) is 3.43. The number of rotatable bonds is 4. The van der Waals surface area contributed by atoms with E-state index in [9.17, 15) is 9.59 Å². The predicted molar refractivity (Wildman–Crippen MR) is 85.3 cm³/mol. The zero-order valence-corrected chi connectivity index (χ0v) is 13.1. The van der Waals surface area contributed by atoms with Gasteiger partial charge in [0, 0.05) is 19.7 Å². The maximum atomic E-state index is 12.6. The molecule has 1 atom stereocenters. The van der Waals surface area contributed by atoms with E-state index in [1.165, 1.54) is 6.26 Å². The Balaban J connectivity index is 1.78. The fraction of sp³-hybridized carbons (Fsp3) is 0.412. The minimum atomic E-state index is -0.401. The van der Waals surface area contributed by atoms with Crippen LogP contribution in [0.1, 0.15) is 30.1 Å². The Labute approximate surface area is 134 Å². The third kappa shape index (κ3) is 3.37. The molecule has 0 bridgehead atoms. The Hall–Kier alpha value is -2.34. The maximum Gasteiger partial charge on any atom is 0.261 e. The molecule has 3 rings (SSSR count). The molecule has 3 heterocycles. The van der Waals surface area contributed by atoms with Crippen LogP contribution in [0, 0.1) is 0 Å². The molecule has 1 amide bonds. The number of piperidine rings is 1. The summed E-state index contributed by atoms with van der Waals surface area (Å²) in [5.41, 5.74) is 0.308. The van der Waals surface area contributed by atoms with E-state index < -0.39 is 5.56 Å². The first kappa shape index (κ1) is 15.6. The molecule has 6 nitrogen and oxygen atoms in total. The summed E-state index contributed by atoms with van der Waals surface area (Å²) in [6, 6.07) is 6.75. The van der Waals surface area contributed by atoms with E-state index in [1.807, 2.05) is 6.92 Å². The molecule has 0 aliphatic carbocycles. The van der Waals surface area contributed by atoms with Gasteiger partial charge >= 0.3 is 0 Å². The fourth-order valence-corrected chi connectivity index (χ4v) is 2.88. The number of H-pyrrole nitrogens is 1. The number of ether oxygens (including phenoxy) is 1. The summed E-state index contributed by atoms with van der Waals surface area (Å²) >= 11 is 0. The normalized spacial score (nSPS) is 18.1. The van der Waals surface area contributed by atoms with Crippen molar-refractivity contribution in [3.05, 3.63) is 46.4 Å². The Morgan fingerprint density at radius 2 is 2.30 bits per heavy atom. The molecule has 1 N–H and O–H groups in total. The minimum Gasteiger partial charge on any atom is -0.463 e. The molecule has 0 spiro atoms. The first-order valence-corrected chi connectivity index (χ1v) is 7.87. The van der Waals surface area contributed by atoms with Crippen LogP contribution in [0.25, 0.3) is 11.5 Å². The lowest BCUT2D eigenvalue weighted by atomic mass is 10.1. The number of hydrogen-bond donors (Lipinski definition) is 1. The van der Waals surface area contributed by atoms with Gasteiger partial charge in [0.05, 0.1) is 18.1 Å². The van der Waals surface area contributed by atoms with Crippen molar-refractivity contribution in [3.63, 3.8) is 0 Å². The number of aromatic nitrogens is 1. The van der Waals surface area contributed by atoms with Gasteiger partial charge in [0.1, 0.15) is 11.3 Å². The highest BCUT2D eigenvalue weighted by atomic mass is 16.5. The SMILES string of the molecule is CCO[C@H]1CCCN(C(=O)c2ccc(-c3ccco3)[nH]c2=O)C1. The van der Waals surface area contributed by atoms with E-state index in [4.69, 9.17) is 9.15 Å². The molecule has 122 valence electrons. The summed E-state index contributed by atoms with van der Waals surface area (Å²) in [5, 5.41) is 0. The number of carbonyl (C=O) groups is 1. The molecule has 6 heteroatoms. The Morgan fingerprint density at radius 1 is 1.43 bits per heavy atom. The lowest BCUT2D eigenvalue weighted by Gasteiger charge is -2.32. The van der Waals surface area contributed by atoms with Gasteiger partial charge in [-0.25, -0.2) is 0 Å². The van der Waals surface area contributed by atoms with Gasteiger partial charge in [-0.3, -0.25) is 9.59 Å². The van der Waals surface area contributed by atoms with Crippen LogP contribution in [0.2, 0.25) is 0 Å². The number of likely N-dealkylation sites (tertiary alicyclic amines) is 1. The van der Waals surface area contributed by atoms with E-state index >= 15 is 0 Å². The van der Waals surface area contributed by atoms with Crippen molar-refractivity contribution in [2.75, 3.05) is 19.7 Å². The molecule has 1 saturated heterocycles. The van der Waals surface area contributed by atoms with Crippen LogP contribution in [-0.2, 0) is 4.74 Å². The fourth-order valence-electron chi connectivity index (χ4n) is 2.88. The Kier molecular flexibility index (Phi) is 4.62. The van der Waals surface area contributed by atoms with E-state index in [1.54, 1.807) is 29.2 Å². The van der Waals surface area contributed by atoms with Crippen LogP contribution in [0.15, 0.2) is 39.7 Å². The van der Waals surface area contributed by atoms with E-state index in [-0.39, 0.29) is 17.6 Å². The molecule has 1 aliphatic rings. The average molecular weight is 316 g/mol. The predicted octanol–water partition coefficient (Wildman–Crippen LogP) is 2.28. The molecule has 2 aromatic rings. The molecule has 23 heavy (non-hydrogen) atoms. The highest BCUT2D eigenvalue weighted by Crippen LogP contribution is 2.18. The zero-order valence-electron chi connectivity index (χ0n) is 13.1. The summed E-state index contributed by atoms with van der Waals surface area (Å²) in [4.78, 5) is 29.2. The molecular formula is C17H20N2O4. The van der Waals surface area contributed by atoms with Gasteiger partial charge in [-0.2, -0.15) is 0 Å². The minimum absolute atomic E-state index is 0.0548. The number of furan rings is 1. The van der Waals surface area contributed by atoms with Crippen molar-refractivity contribution < 1.29 is 13.9 Å². The Morgan fingerprint density at radius 3 is 3.00 bits per heavy atom. The van der Waals surface area contributed by atoms with Gasteiger partial charge in [-0.1, -0.05) is 0 Å². The van der Waals surface area contributed by atoms with E-state index in [0.29, 0.717) is 31.2 Å². The van der Waals surface area contributed by atoms with Crippen molar-refractivity contribution >= 4 is 5.91 Å². The number of pyridine rings is 1. The number of aromatic amines is 1. The summed E-state index contributed by atoms with van der Waals surface area (Å²) in [6.45, 7) is 3.76. The standard InChI is InChI=1S/C17H20N2O4/c1-2-22-12-5-3-9-19(11-12)17(21)13-7-8-14(18-16(13)20)15-6-4-10-23-15/h4,6-8,10,12H,2-3,5,9,11H2,1H3,(H,18,20)/t12-/m0/s1. The second kappa shape index (κ2) is 6.83. The molecule has 1 fully saturated rings. The van der Waals surface area contributed by atoms with Crippen LogP contribution in [0.5, 0.6) is 0 Å². The van der Waals surface area contributed by atoms with Crippen molar-refractivity contribution in [3.8, 4) is 11.5 Å². The highest BCUT2D eigenvalue weighted by molar-refractivity contribution is 5.94. The lowest BCUT2D eigenvalue weighted by molar-refractivity contribution is 0.00718. The van der Waals surface area contributed by atoms with Gasteiger partial charge in [-0.05, 0) is 44.0 Å². The Bertz CT molecular complexity index is 718. The largest absolute Gasteiger partial charge is 0.463 e. The van der Waals surface area contributed by atoms with Crippen LogP contribution in [0.3, 0.4) is 0 Å². The first-order chi connectivity index (χ1) is 11.2. The van der Waals surface area contributed by atoms with Gasteiger partial charge in [0.15, 0.2) is 0 Å². The average Bonchev–Trinajstić information content (AvgIpc) is 3.09. The van der Waals surface area contributed by atoms with Gasteiger partial charge in [0.2, 0.25) is 0 Å². The van der Waals surface area contributed by atoms with E-state index in [0.717, 1.165) is 12.8 Å². The van der Waals surface area contributed by atoms with Crippen molar-refractivity contribution in [1.29, 1.82) is 0 Å². The quantitative estimate of drug-likeness (QED) is 0.939. The summed E-state index contributed by atoms with van der Waals surface area (Å²) in [5.74, 6) is 0.317. The van der Waals surface area contributed by atoms with Crippen LogP contribution in [0.4, 0.5) is 0 Å². The van der Waals surface area contributed by atoms with Crippen LogP contribution in [-0.4, -0.2) is 41.6 Å². The van der Waals surface area contributed by atoms with Crippen molar-refractivity contribution in [2.45, 2.75) is 25.9 Å². The van der Waals surface area contributed by atoms with Crippen LogP contribution >= 0.6 is 0 Å². The third-order valence-corrected chi connectivity index (χ3v) is 3.99.